The van der Waals surface area contributed by atoms with Gasteiger partial charge in [0, 0.05) is 25.8 Å². The van der Waals surface area contributed by atoms with E-state index in [2.05, 4.69) is 41.7 Å². The summed E-state index contributed by atoms with van der Waals surface area (Å²) in [5.74, 6) is 0. The molecule has 0 saturated heterocycles. The lowest BCUT2D eigenvalue weighted by atomic mass is 9.88. The fourth-order valence-electron chi connectivity index (χ4n) is 3.02. The number of aryl methyl sites for hydroxylation is 1. The maximum atomic E-state index is 6.34. The van der Waals surface area contributed by atoms with Crippen LogP contribution in [-0.4, -0.2) is 20.1 Å². The Hall–Kier alpha value is -1.67. The molecule has 0 aliphatic heterocycles. The van der Waals surface area contributed by atoms with Crippen molar-refractivity contribution < 1.29 is 0 Å². The van der Waals surface area contributed by atoms with Crippen LogP contribution in [-0.2, 0) is 12.8 Å². The summed E-state index contributed by atoms with van der Waals surface area (Å²) >= 11 is 6.34. The predicted octanol–water partition coefficient (Wildman–Crippen LogP) is 4.38. The number of anilines is 2. The second-order valence-corrected chi connectivity index (χ2v) is 6.32. The Labute approximate surface area is 131 Å². The first-order valence-electron chi connectivity index (χ1n) is 7.43. The SMILES string of the molecule is CN(C)c1ccc(NC2CCc3ccccc3C2)cc1Cl. The molecule has 3 heteroatoms. The molecule has 2 nitrogen and oxygen atoms in total. The second kappa shape index (κ2) is 5.98. The molecule has 2 aromatic rings. The molecule has 21 heavy (non-hydrogen) atoms. The van der Waals surface area contributed by atoms with E-state index in [0.717, 1.165) is 29.2 Å². The Morgan fingerprint density at radius 3 is 2.57 bits per heavy atom. The van der Waals surface area contributed by atoms with Gasteiger partial charge in [0.1, 0.15) is 0 Å². The van der Waals surface area contributed by atoms with Crippen LogP contribution in [0, 0.1) is 0 Å². The highest BCUT2D eigenvalue weighted by Crippen LogP contribution is 2.29. The van der Waals surface area contributed by atoms with Crippen molar-refractivity contribution >= 4 is 23.0 Å². The molecule has 0 amide bonds. The molecular weight excluding hydrogens is 280 g/mol. The number of benzene rings is 2. The van der Waals surface area contributed by atoms with Gasteiger partial charge in [0.2, 0.25) is 0 Å². The lowest BCUT2D eigenvalue weighted by Crippen LogP contribution is -2.27. The Balaban J connectivity index is 1.72. The predicted molar refractivity (Wildman–Crippen MR) is 91.7 cm³/mol. The van der Waals surface area contributed by atoms with Gasteiger partial charge in [-0.1, -0.05) is 35.9 Å². The number of nitrogens with zero attached hydrogens (tertiary/aromatic N) is 1. The summed E-state index contributed by atoms with van der Waals surface area (Å²) in [6.45, 7) is 0. The van der Waals surface area contributed by atoms with Crippen LogP contribution >= 0.6 is 11.6 Å². The van der Waals surface area contributed by atoms with Crippen molar-refractivity contribution in [3.8, 4) is 0 Å². The molecule has 3 rings (SSSR count). The molecule has 110 valence electrons. The zero-order chi connectivity index (χ0) is 14.8. The highest BCUT2D eigenvalue weighted by molar-refractivity contribution is 6.33. The van der Waals surface area contributed by atoms with E-state index in [9.17, 15) is 0 Å². The molecule has 0 spiro atoms. The Morgan fingerprint density at radius 2 is 1.86 bits per heavy atom. The molecule has 0 saturated carbocycles. The molecule has 1 aliphatic carbocycles. The third kappa shape index (κ3) is 3.16. The van der Waals surface area contributed by atoms with E-state index in [1.807, 2.05) is 25.1 Å². The maximum absolute atomic E-state index is 6.34. The van der Waals surface area contributed by atoms with Crippen molar-refractivity contribution in [1.82, 2.24) is 0 Å². The number of nitrogens with one attached hydrogen (secondary N) is 1. The second-order valence-electron chi connectivity index (χ2n) is 5.91. The first-order valence-corrected chi connectivity index (χ1v) is 7.81. The van der Waals surface area contributed by atoms with Gasteiger partial charge < -0.3 is 10.2 Å². The topological polar surface area (TPSA) is 15.3 Å². The van der Waals surface area contributed by atoms with E-state index < -0.39 is 0 Å². The van der Waals surface area contributed by atoms with Crippen LogP contribution in [0.3, 0.4) is 0 Å². The zero-order valence-corrected chi connectivity index (χ0v) is 13.3. The van der Waals surface area contributed by atoms with Gasteiger partial charge in [0.15, 0.2) is 0 Å². The van der Waals surface area contributed by atoms with Gasteiger partial charge >= 0.3 is 0 Å². The van der Waals surface area contributed by atoms with E-state index in [1.54, 1.807) is 0 Å². The van der Waals surface area contributed by atoms with Crippen molar-refractivity contribution in [2.75, 3.05) is 24.3 Å². The average molecular weight is 301 g/mol. The zero-order valence-electron chi connectivity index (χ0n) is 12.6. The molecular formula is C18H21ClN2. The highest BCUT2D eigenvalue weighted by Gasteiger charge is 2.18. The monoisotopic (exact) mass is 300 g/mol. The van der Waals surface area contributed by atoms with Crippen LogP contribution < -0.4 is 10.2 Å². The smallest absolute Gasteiger partial charge is 0.0659 e. The molecule has 1 atom stereocenters. The normalized spacial score (nSPS) is 17.2. The van der Waals surface area contributed by atoms with Crippen LogP contribution in [0.4, 0.5) is 11.4 Å². The Bertz CT molecular complexity index is 637. The van der Waals surface area contributed by atoms with Crippen LogP contribution in [0.25, 0.3) is 0 Å². The molecule has 0 radical (unpaired) electrons. The quantitative estimate of drug-likeness (QED) is 0.905. The van der Waals surface area contributed by atoms with E-state index in [-0.39, 0.29) is 0 Å². The number of fused-ring (bicyclic) bond motifs is 1. The lowest BCUT2D eigenvalue weighted by Gasteiger charge is -2.26. The summed E-state index contributed by atoms with van der Waals surface area (Å²) < 4.78 is 0. The number of hydrogen-bond acceptors (Lipinski definition) is 2. The molecule has 1 aliphatic rings. The minimum Gasteiger partial charge on any atom is -0.382 e. The van der Waals surface area contributed by atoms with Crippen LogP contribution in [0.1, 0.15) is 17.5 Å². The van der Waals surface area contributed by atoms with Crippen molar-refractivity contribution in [3.05, 3.63) is 58.6 Å². The molecule has 0 fully saturated rings. The molecule has 0 bridgehead atoms. The average Bonchev–Trinajstić information content (AvgIpc) is 2.47. The van der Waals surface area contributed by atoms with Gasteiger partial charge in [-0.25, -0.2) is 0 Å². The van der Waals surface area contributed by atoms with Crippen molar-refractivity contribution in [2.24, 2.45) is 0 Å². The fourth-order valence-corrected chi connectivity index (χ4v) is 3.37. The molecule has 1 N–H and O–H groups in total. The summed E-state index contributed by atoms with van der Waals surface area (Å²) in [5.41, 5.74) is 5.12. The first kappa shape index (κ1) is 14.3. The van der Waals surface area contributed by atoms with Gasteiger partial charge in [0.25, 0.3) is 0 Å². The van der Waals surface area contributed by atoms with E-state index in [4.69, 9.17) is 11.6 Å². The fraction of sp³-hybridized carbons (Fsp3) is 0.333. The Morgan fingerprint density at radius 1 is 1.10 bits per heavy atom. The standard InChI is InChI=1S/C18H21ClN2/c1-21(2)18-10-9-16(12-17(18)19)20-15-8-7-13-5-3-4-6-14(13)11-15/h3-6,9-10,12,15,20H,7-8,11H2,1-2H3. The van der Waals surface area contributed by atoms with Crippen LogP contribution in [0.5, 0.6) is 0 Å². The van der Waals surface area contributed by atoms with Gasteiger partial charge in [-0.05, 0) is 48.6 Å². The summed E-state index contributed by atoms with van der Waals surface area (Å²) in [6.07, 6.45) is 3.41. The number of rotatable bonds is 3. The first-order chi connectivity index (χ1) is 10.1. The summed E-state index contributed by atoms with van der Waals surface area (Å²) in [5, 5.41) is 4.42. The van der Waals surface area contributed by atoms with Crippen molar-refractivity contribution in [2.45, 2.75) is 25.3 Å². The van der Waals surface area contributed by atoms with E-state index >= 15 is 0 Å². The van der Waals surface area contributed by atoms with Crippen molar-refractivity contribution in [1.29, 1.82) is 0 Å². The lowest BCUT2D eigenvalue weighted by molar-refractivity contribution is 0.611. The van der Waals surface area contributed by atoms with Crippen LogP contribution in [0.15, 0.2) is 42.5 Å². The number of hydrogen-bond donors (Lipinski definition) is 1. The largest absolute Gasteiger partial charge is 0.382 e. The van der Waals surface area contributed by atoms with Gasteiger partial charge in [-0.2, -0.15) is 0 Å². The maximum Gasteiger partial charge on any atom is 0.0659 e. The van der Waals surface area contributed by atoms with E-state index in [0.29, 0.717) is 6.04 Å². The third-order valence-corrected chi connectivity index (χ3v) is 4.45. The molecule has 0 aromatic heterocycles. The summed E-state index contributed by atoms with van der Waals surface area (Å²) in [7, 11) is 4.01. The molecule has 0 heterocycles. The van der Waals surface area contributed by atoms with Crippen molar-refractivity contribution in [3.63, 3.8) is 0 Å². The summed E-state index contributed by atoms with van der Waals surface area (Å²) in [4.78, 5) is 2.03. The summed E-state index contributed by atoms with van der Waals surface area (Å²) in [6, 6.07) is 15.4. The molecule has 2 aromatic carbocycles. The molecule has 1 unspecified atom stereocenters. The minimum absolute atomic E-state index is 0.487. The van der Waals surface area contributed by atoms with Gasteiger partial charge in [0.05, 0.1) is 10.7 Å². The highest BCUT2D eigenvalue weighted by atomic mass is 35.5. The Kier molecular flexibility index (Phi) is 4.07. The van der Waals surface area contributed by atoms with Crippen LogP contribution in [0.2, 0.25) is 5.02 Å². The van der Waals surface area contributed by atoms with Gasteiger partial charge in [-0.15, -0.1) is 0 Å². The van der Waals surface area contributed by atoms with E-state index in [1.165, 1.54) is 17.5 Å². The minimum atomic E-state index is 0.487. The van der Waals surface area contributed by atoms with Gasteiger partial charge in [-0.3, -0.25) is 0 Å². The third-order valence-electron chi connectivity index (χ3n) is 4.15. The number of halogens is 1.